The van der Waals surface area contributed by atoms with E-state index in [0.29, 0.717) is 0 Å². The first-order valence-corrected chi connectivity index (χ1v) is 9.56. The van der Waals surface area contributed by atoms with E-state index in [0.717, 1.165) is 12.3 Å². The minimum absolute atomic E-state index is 0.901. The normalized spacial score (nSPS) is 11.7. The van der Waals surface area contributed by atoms with Gasteiger partial charge in [0.25, 0.3) is 5.01 Å². The van der Waals surface area contributed by atoms with Gasteiger partial charge in [-0.3, -0.25) is 0 Å². The SMILES string of the molecule is CC[n+]1c(/C=C/C=C/c2ccc(N(C)C)cc2)sc2cc(O[11CH3])ccc21. The summed E-state index contributed by atoms with van der Waals surface area (Å²) in [7, 11) is 5.81. The number of aromatic nitrogens is 1. The summed E-state index contributed by atoms with van der Waals surface area (Å²) in [6.07, 6.45) is 8.50. The molecule has 0 atom stereocenters. The lowest BCUT2D eigenvalue weighted by Crippen LogP contribution is -2.33. The molecule has 0 N–H and O–H groups in total. The Bertz CT molecular complexity index is 937. The van der Waals surface area contributed by atoms with E-state index in [1.165, 1.54) is 26.5 Å². The van der Waals surface area contributed by atoms with Gasteiger partial charge in [0.2, 0.25) is 5.52 Å². The Kier molecular flexibility index (Phi) is 5.74. The lowest BCUT2D eigenvalue weighted by atomic mass is 10.2. The van der Waals surface area contributed by atoms with Crippen molar-refractivity contribution in [1.29, 1.82) is 0 Å². The minimum Gasteiger partial charge on any atom is -0.497 e. The highest BCUT2D eigenvalue weighted by atomic mass is 32.1. The number of benzene rings is 2. The van der Waals surface area contributed by atoms with Crippen LogP contribution in [0.2, 0.25) is 0 Å². The predicted octanol–water partition coefficient (Wildman–Crippen LogP) is 5.01. The third-order valence-corrected chi connectivity index (χ3v) is 5.42. The van der Waals surface area contributed by atoms with Crippen LogP contribution in [0.3, 0.4) is 0 Å². The zero-order valence-corrected chi connectivity index (χ0v) is 16.6. The fraction of sp³-hybridized carbons (Fsp3) is 0.227. The molecule has 0 aliphatic carbocycles. The van der Waals surface area contributed by atoms with E-state index in [-0.39, 0.29) is 0 Å². The molecule has 1 aromatic heterocycles. The smallest absolute Gasteiger partial charge is 0.262 e. The molecule has 0 radical (unpaired) electrons. The monoisotopic (exact) mass is 364 g/mol. The molecule has 26 heavy (non-hydrogen) atoms. The van der Waals surface area contributed by atoms with E-state index in [4.69, 9.17) is 4.74 Å². The van der Waals surface area contributed by atoms with Gasteiger partial charge in [-0.15, -0.1) is 0 Å². The fourth-order valence-corrected chi connectivity index (χ4v) is 4.02. The Balaban J connectivity index is 1.79. The van der Waals surface area contributed by atoms with Crippen LogP contribution in [-0.4, -0.2) is 21.2 Å². The number of hydrogen-bond donors (Lipinski definition) is 0. The molecule has 4 heteroatoms. The Morgan fingerprint density at radius 2 is 1.77 bits per heavy atom. The molecular weight excluding hydrogens is 339 g/mol. The van der Waals surface area contributed by atoms with E-state index < -0.39 is 0 Å². The van der Waals surface area contributed by atoms with E-state index in [2.05, 4.69) is 91.2 Å². The molecule has 3 nitrogen and oxygen atoms in total. The Hall–Kier alpha value is -2.59. The summed E-state index contributed by atoms with van der Waals surface area (Å²) >= 11 is 1.79. The third-order valence-electron chi connectivity index (χ3n) is 4.30. The van der Waals surface area contributed by atoms with Crippen molar-refractivity contribution >= 4 is 39.4 Å². The van der Waals surface area contributed by atoms with Crippen LogP contribution < -0.4 is 14.2 Å². The molecule has 0 saturated heterocycles. The molecule has 0 saturated carbocycles. The van der Waals surface area contributed by atoms with Gasteiger partial charge in [-0.2, -0.15) is 4.57 Å². The summed E-state index contributed by atoms with van der Waals surface area (Å²) in [6, 6.07) is 14.8. The fourth-order valence-electron chi connectivity index (χ4n) is 2.85. The summed E-state index contributed by atoms with van der Waals surface area (Å²) in [5, 5.41) is 1.24. The second-order valence-corrected chi connectivity index (χ2v) is 7.28. The number of rotatable bonds is 6. The van der Waals surface area contributed by atoms with Crippen LogP contribution in [-0.2, 0) is 6.54 Å². The number of hydrogen-bond acceptors (Lipinski definition) is 3. The van der Waals surface area contributed by atoms with Gasteiger partial charge in [0.05, 0.1) is 7.11 Å². The van der Waals surface area contributed by atoms with E-state index >= 15 is 0 Å². The Morgan fingerprint density at radius 1 is 1.04 bits per heavy atom. The van der Waals surface area contributed by atoms with Gasteiger partial charge in [0.1, 0.15) is 17.0 Å². The first kappa shape index (κ1) is 18.2. The zero-order valence-electron chi connectivity index (χ0n) is 15.8. The number of allylic oxidation sites excluding steroid dienone is 2. The van der Waals surface area contributed by atoms with Crippen molar-refractivity contribution in [3.05, 3.63) is 65.2 Å². The van der Waals surface area contributed by atoms with E-state index in [1.54, 1.807) is 18.4 Å². The van der Waals surface area contributed by atoms with E-state index in [9.17, 15) is 0 Å². The summed E-state index contributed by atoms with van der Waals surface area (Å²) < 4.78 is 8.91. The Labute approximate surface area is 159 Å². The Morgan fingerprint density at radius 3 is 2.42 bits per heavy atom. The van der Waals surface area contributed by atoms with Crippen LogP contribution in [0.15, 0.2) is 54.6 Å². The lowest BCUT2D eigenvalue weighted by Gasteiger charge is -2.11. The van der Waals surface area contributed by atoms with Crippen molar-refractivity contribution in [3.63, 3.8) is 0 Å². The molecular formula is C22H25N2OS+. The largest absolute Gasteiger partial charge is 0.497 e. The van der Waals surface area contributed by atoms with Gasteiger partial charge in [-0.05, 0) is 30.7 Å². The topological polar surface area (TPSA) is 16.4 Å². The van der Waals surface area contributed by atoms with Crippen molar-refractivity contribution in [2.45, 2.75) is 13.5 Å². The predicted molar refractivity (Wildman–Crippen MR) is 113 cm³/mol. The number of nitrogens with zero attached hydrogens (tertiary/aromatic N) is 2. The molecule has 1 heterocycles. The summed E-state index contributed by atoms with van der Waals surface area (Å²) in [4.78, 5) is 2.10. The van der Waals surface area contributed by atoms with Crippen molar-refractivity contribution < 1.29 is 9.30 Å². The zero-order chi connectivity index (χ0) is 18.5. The number of methoxy groups -OCH3 is 1. The lowest BCUT2D eigenvalue weighted by molar-refractivity contribution is -0.665. The maximum Gasteiger partial charge on any atom is 0.262 e. The first-order valence-electron chi connectivity index (χ1n) is 8.75. The second kappa shape index (κ2) is 8.19. The molecule has 0 aliphatic rings. The van der Waals surface area contributed by atoms with Gasteiger partial charge in [0, 0.05) is 38.0 Å². The molecule has 0 amide bonds. The van der Waals surface area contributed by atoms with Crippen molar-refractivity contribution in [3.8, 4) is 5.75 Å². The average Bonchev–Trinajstić information content (AvgIpc) is 3.01. The van der Waals surface area contributed by atoms with E-state index in [1.807, 2.05) is 6.07 Å². The highest BCUT2D eigenvalue weighted by Gasteiger charge is 2.17. The molecule has 3 aromatic rings. The molecule has 0 unspecified atom stereocenters. The first-order chi connectivity index (χ1) is 12.6. The molecule has 0 fully saturated rings. The standard InChI is InChI=1S/C22H25N2OS/c1-5-24-20-15-14-19(25-4)16-21(20)26-22(24)9-7-6-8-17-10-12-18(13-11-17)23(2)3/h6-16H,5H2,1-4H3/q+1/i4-1. The molecule has 0 bridgehead atoms. The molecule has 0 aliphatic heterocycles. The van der Waals surface area contributed by atoms with Crippen LogP contribution in [0, 0.1) is 0 Å². The van der Waals surface area contributed by atoms with Crippen molar-refractivity contribution in [2.24, 2.45) is 0 Å². The highest BCUT2D eigenvalue weighted by Crippen LogP contribution is 2.26. The van der Waals surface area contributed by atoms with Crippen LogP contribution in [0.5, 0.6) is 5.75 Å². The number of thiazole rings is 1. The minimum atomic E-state index is 0.901. The molecule has 2 aromatic carbocycles. The maximum atomic E-state index is 5.34. The summed E-state index contributed by atoms with van der Waals surface area (Å²) in [6.45, 7) is 3.12. The van der Waals surface area contributed by atoms with Gasteiger partial charge < -0.3 is 9.64 Å². The number of anilines is 1. The number of aryl methyl sites for hydroxylation is 1. The molecule has 134 valence electrons. The third kappa shape index (κ3) is 3.97. The second-order valence-electron chi connectivity index (χ2n) is 6.22. The molecule has 3 rings (SSSR count). The highest BCUT2D eigenvalue weighted by molar-refractivity contribution is 7.18. The number of ether oxygens (including phenoxy) is 1. The van der Waals surface area contributed by atoms with Gasteiger partial charge in [0.15, 0.2) is 0 Å². The van der Waals surface area contributed by atoms with Crippen LogP contribution in [0.1, 0.15) is 17.5 Å². The summed E-state index contributed by atoms with van der Waals surface area (Å²) in [5.74, 6) is 0.901. The van der Waals surface area contributed by atoms with Crippen molar-refractivity contribution in [1.82, 2.24) is 0 Å². The van der Waals surface area contributed by atoms with Gasteiger partial charge in [-0.1, -0.05) is 41.7 Å². The quantitative estimate of drug-likeness (QED) is 0.451. The van der Waals surface area contributed by atoms with Crippen LogP contribution >= 0.6 is 11.3 Å². The number of fused-ring (bicyclic) bond motifs is 1. The molecule has 0 spiro atoms. The van der Waals surface area contributed by atoms with Crippen LogP contribution in [0.25, 0.3) is 22.4 Å². The van der Waals surface area contributed by atoms with Crippen molar-refractivity contribution in [2.75, 3.05) is 26.1 Å². The average molecular weight is 365 g/mol. The van der Waals surface area contributed by atoms with Gasteiger partial charge >= 0.3 is 0 Å². The van der Waals surface area contributed by atoms with Gasteiger partial charge in [-0.25, -0.2) is 0 Å². The summed E-state index contributed by atoms with van der Waals surface area (Å²) in [5.41, 5.74) is 3.66. The van der Waals surface area contributed by atoms with Crippen LogP contribution in [0.4, 0.5) is 5.69 Å². The maximum absolute atomic E-state index is 5.34.